The average molecular weight is 224 g/mol. The lowest BCUT2D eigenvalue weighted by atomic mass is 10.3. The monoisotopic (exact) mass is 224 g/mol. The minimum absolute atomic E-state index is 0.0794. The van der Waals surface area contributed by atoms with Gasteiger partial charge in [0, 0.05) is 0 Å². The van der Waals surface area contributed by atoms with Crippen molar-refractivity contribution in [3.63, 3.8) is 0 Å². The lowest BCUT2D eigenvalue weighted by Gasteiger charge is -2.13. The molecule has 1 atom stereocenters. The molecule has 0 heterocycles. The highest BCUT2D eigenvalue weighted by atomic mass is 19.1. The standard InChI is InChI=1S/C10H13FN4O/c1-6(9(12)13)14-10(16)15-8-5-3-2-4-7(8)11/h2-6H,1H3,(H3,12,13)(H2,14,15,16). The van der Waals surface area contributed by atoms with E-state index in [0.717, 1.165) is 0 Å². The zero-order valence-electron chi connectivity index (χ0n) is 8.75. The van der Waals surface area contributed by atoms with Crippen LogP contribution in [0.5, 0.6) is 0 Å². The Bertz CT molecular complexity index is 408. The average Bonchev–Trinajstić information content (AvgIpc) is 2.21. The first-order valence-corrected chi connectivity index (χ1v) is 4.66. The van der Waals surface area contributed by atoms with Gasteiger partial charge in [0.25, 0.3) is 0 Å². The summed E-state index contributed by atoms with van der Waals surface area (Å²) in [4.78, 5) is 11.3. The molecule has 0 aliphatic carbocycles. The summed E-state index contributed by atoms with van der Waals surface area (Å²) in [6.07, 6.45) is 0. The second kappa shape index (κ2) is 5.11. The van der Waals surface area contributed by atoms with Crippen molar-refractivity contribution >= 4 is 17.6 Å². The van der Waals surface area contributed by atoms with Gasteiger partial charge in [-0.05, 0) is 19.1 Å². The molecule has 0 aliphatic heterocycles. The molecule has 0 bridgehead atoms. The molecule has 1 aromatic rings. The van der Waals surface area contributed by atoms with E-state index in [4.69, 9.17) is 11.1 Å². The number of nitrogens with two attached hydrogens (primary N) is 1. The van der Waals surface area contributed by atoms with E-state index in [1.54, 1.807) is 13.0 Å². The Morgan fingerprint density at radius 1 is 1.50 bits per heavy atom. The van der Waals surface area contributed by atoms with Crippen molar-refractivity contribution in [3.8, 4) is 0 Å². The molecule has 0 aliphatic rings. The highest BCUT2D eigenvalue weighted by molar-refractivity contribution is 5.93. The third kappa shape index (κ3) is 3.23. The van der Waals surface area contributed by atoms with Crippen LogP contribution in [-0.2, 0) is 0 Å². The van der Waals surface area contributed by atoms with Crippen LogP contribution in [0.2, 0.25) is 0 Å². The van der Waals surface area contributed by atoms with Crippen molar-refractivity contribution in [1.82, 2.24) is 5.32 Å². The summed E-state index contributed by atoms with van der Waals surface area (Å²) in [6, 6.07) is 4.61. The highest BCUT2D eigenvalue weighted by Gasteiger charge is 2.10. The Morgan fingerprint density at radius 2 is 2.12 bits per heavy atom. The van der Waals surface area contributed by atoms with Crippen LogP contribution in [0.25, 0.3) is 0 Å². The molecule has 1 rings (SSSR count). The minimum atomic E-state index is -0.604. The summed E-state index contributed by atoms with van der Waals surface area (Å²) in [5, 5.41) is 11.8. The van der Waals surface area contributed by atoms with Gasteiger partial charge in [-0.1, -0.05) is 12.1 Å². The fourth-order valence-electron chi connectivity index (χ4n) is 0.995. The van der Waals surface area contributed by atoms with Crippen molar-refractivity contribution in [2.45, 2.75) is 13.0 Å². The SMILES string of the molecule is CC(NC(=O)Nc1ccccc1F)C(=N)N. The smallest absolute Gasteiger partial charge is 0.319 e. The molecule has 5 nitrogen and oxygen atoms in total. The molecule has 16 heavy (non-hydrogen) atoms. The fourth-order valence-corrected chi connectivity index (χ4v) is 0.995. The quantitative estimate of drug-likeness (QED) is 0.460. The maximum Gasteiger partial charge on any atom is 0.319 e. The summed E-state index contributed by atoms with van der Waals surface area (Å²) < 4.78 is 13.1. The van der Waals surface area contributed by atoms with E-state index in [-0.39, 0.29) is 11.5 Å². The number of para-hydroxylation sites is 1. The van der Waals surface area contributed by atoms with Gasteiger partial charge in [-0.3, -0.25) is 5.41 Å². The Morgan fingerprint density at radius 3 is 2.69 bits per heavy atom. The van der Waals surface area contributed by atoms with Crippen LogP contribution in [0.3, 0.4) is 0 Å². The number of nitrogens with one attached hydrogen (secondary N) is 3. The first kappa shape index (κ1) is 12.0. The Balaban J connectivity index is 2.59. The number of hydrogen-bond donors (Lipinski definition) is 4. The second-order valence-electron chi connectivity index (χ2n) is 3.26. The predicted molar refractivity (Wildman–Crippen MR) is 59.9 cm³/mol. The Hall–Kier alpha value is -2.11. The predicted octanol–water partition coefficient (Wildman–Crippen LogP) is 1.27. The molecule has 0 fully saturated rings. The summed E-state index contributed by atoms with van der Waals surface area (Å²) in [6.45, 7) is 1.56. The number of benzene rings is 1. The van der Waals surface area contributed by atoms with Crippen LogP contribution in [0.1, 0.15) is 6.92 Å². The molecule has 0 aromatic heterocycles. The molecular weight excluding hydrogens is 211 g/mol. The van der Waals surface area contributed by atoms with E-state index >= 15 is 0 Å². The number of carbonyl (C=O) groups is 1. The van der Waals surface area contributed by atoms with Gasteiger partial charge in [0.15, 0.2) is 0 Å². The van der Waals surface area contributed by atoms with Gasteiger partial charge < -0.3 is 16.4 Å². The largest absolute Gasteiger partial charge is 0.386 e. The minimum Gasteiger partial charge on any atom is -0.386 e. The van der Waals surface area contributed by atoms with E-state index in [1.165, 1.54) is 18.2 Å². The third-order valence-electron chi connectivity index (χ3n) is 1.94. The lowest BCUT2D eigenvalue weighted by Crippen LogP contribution is -2.43. The molecule has 2 amide bonds. The third-order valence-corrected chi connectivity index (χ3v) is 1.94. The molecule has 86 valence electrons. The topological polar surface area (TPSA) is 91.0 Å². The number of amides is 2. The van der Waals surface area contributed by atoms with E-state index in [1.807, 2.05) is 0 Å². The van der Waals surface area contributed by atoms with Crippen molar-refractivity contribution in [2.24, 2.45) is 5.73 Å². The first-order valence-electron chi connectivity index (χ1n) is 4.66. The molecular formula is C10H13FN4O. The van der Waals surface area contributed by atoms with Crippen LogP contribution in [0, 0.1) is 11.2 Å². The summed E-state index contributed by atoms with van der Waals surface area (Å²) in [7, 11) is 0. The summed E-state index contributed by atoms with van der Waals surface area (Å²) in [5.41, 5.74) is 5.25. The molecule has 0 saturated carbocycles. The number of rotatable bonds is 3. The van der Waals surface area contributed by atoms with Crippen LogP contribution < -0.4 is 16.4 Å². The van der Waals surface area contributed by atoms with Gasteiger partial charge in [0.1, 0.15) is 11.7 Å². The lowest BCUT2D eigenvalue weighted by molar-refractivity contribution is 0.251. The fraction of sp³-hybridized carbons (Fsp3) is 0.200. The molecule has 0 radical (unpaired) electrons. The van der Waals surface area contributed by atoms with Crippen LogP contribution in [0.15, 0.2) is 24.3 Å². The van der Waals surface area contributed by atoms with Crippen molar-refractivity contribution < 1.29 is 9.18 Å². The number of halogens is 1. The number of urea groups is 1. The number of anilines is 1. The van der Waals surface area contributed by atoms with Gasteiger partial charge >= 0.3 is 6.03 Å². The number of hydrogen-bond acceptors (Lipinski definition) is 2. The first-order chi connectivity index (χ1) is 7.50. The van der Waals surface area contributed by atoms with Crippen LogP contribution in [-0.4, -0.2) is 17.9 Å². The van der Waals surface area contributed by atoms with Crippen LogP contribution in [0.4, 0.5) is 14.9 Å². The molecule has 5 N–H and O–H groups in total. The zero-order chi connectivity index (χ0) is 12.1. The van der Waals surface area contributed by atoms with Crippen molar-refractivity contribution in [3.05, 3.63) is 30.1 Å². The molecule has 6 heteroatoms. The van der Waals surface area contributed by atoms with E-state index in [9.17, 15) is 9.18 Å². The van der Waals surface area contributed by atoms with Gasteiger partial charge in [-0.25, -0.2) is 9.18 Å². The summed E-state index contributed by atoms with van der Waals surface area (Å²) in [5.74, 6) is -0.684. The second-order valence-corrected chi connectivity index (χ2v) is 3.26. The number of carbonyl (C=O) groups excluding carboxylic acids is 1. The molecule has 1 unspecified atom stereocenters. The summed E-state index contributed by atoms with van der Waals surface area (Å²) >= 11 is 0. The van der Waals surface area contributed by atoms with Crippen molar-refractivity contribution in [2.75, 3.05) is 5.32 Å². The van der Waals surface area contributed by atoms with Gasteiger partial charge in [0.2, 0.25) is 0 Å². The number of amidine groups is 1. The van der Waals surface area contributed by atoms with Crippen LogP contribution >= 0.6 is 0 Å². The molecule has 0 spiro atoms. The van der Waals surface area contributed by atoms with E-state index in [0.29, 0.717) is 0 Å². The zero-order valence-corrected chi connectivity index (χ0v) is 8.75. The van der Waals surface area contributed by atoms with Gasteiger partial charge in [0.05, 0.1) is 11.7 Å². The highest BCUT2D eigenvalue weighted by Crippen LogP contribution is 2.11. The Labute approximate surface area is 92.3 Å². The maximum atomic E-state index is 13.1. The molecule has 1 aromatic carbocycles. The maximum absolute atomic E-state index is 13.1. The normalized spacial score (nSPS) is 11.6. The van der Waals surface area contributed by atoms with Gasteiger partial charge in [-0.2, -0.15) is 0 Å². The van der Waals surface area contributed by atoms with Gasteiger partial charge in [-0.15, -0.1) is 0 Å². The van der Waals surface area contributed by atoms with E-state index in [2.05, 4.69) is 10.6 Å². The Kier molecular flexibility index (Phi) is 3.82. The molecule has 0 saturated heterocycles. The van der Waals surface area contributed by atoms with Crippen molar-refractivity contribution in [1.29, 1.82) is 5.41 Å². The van der Waals surface area contributed by atoms with E-state index < -0.39 is 17.9 Å².